The zero-order chi connectivity index (χ0) is 15.8. The Labute approximate surface area is 135 Å². The van der Waals surface area contributed by atoms with Crippen LogP contribution in [0, 0.1) is 0 Å². The third-order valence-electron chi connectivity index (χ3n) is 3.26. The number of benzene rings is 1. The Morgan fingerprint density at radius 3 is 2.82 bits per heavy atom. The highest BCUT2D eigenvalue weighted by molar-refractivity contribution is 6.30. The molecule has 22 heavy (non-hydrogen) atoms. The fraction of sp³-hybridized carbons (Fsp3) is 0.375. The van der Waals surface area contributed by atoms with Gasteiger partial charge in [0.25, 0.3) is 0 Å². The van der Waals surface area contributed by atoms with Crippen molar-refractivity contribution >= 4 is 17.6 Å². The summed E-state index contributed by atoms with van der Waals surface area (Å²) in [6.07, 6.45) is 7.15. The van der Waals surface area contributed by atoms with Gasteiger partial charge in [-0.2, -0.15) is 0 Å². The topological polar surface area (TPSA) is 59.0 Å². The molecule has 0 aliphatic heterocycles. The first kappa shape index (κ1) is 16.4. The molecule has 1 atom stereocenters. The first-order valence-electron chi connectivity index (χ1n) is 7.38. The molecule has 0 aliphatic carbocycles. The maximum absolute atomic E-state index is 11.8. The molecule has 0 saturated heterocycles. The third-order valence-corrected chi connectivity index (χ3v) is 3.51. The average molecular weight is 321 g/mol. The van der Waals surface area contributed by atoms with E-state index in [4.69, 9.17) is 11.6 Å². The van der Waals surface area contributed by atoms with E-state index in [1.807, 2.05) is 42.0 Å². The van der Waals surface area contributed by atoms with Gasteiger partial charge in [0.2, 0.25) is 0 Å². The molecule has 6 heteroatoms. The van der Waals surface area contributed by atoms with Crippen molar-refractivity contribution in [2.24, 2.45) is 0 Å². The molecule has 0 saturated carbocycles. The average Bonchev–Trinajstić information content (AvgIpc) is 2.98. The van der Waals surface area contributed by atoms with Crippen LogP contribution in [-0.4, -0.2) is 28.2 Å². The zero-order valence-corrected chi connectivity index (χ0v) is 13.4. The van der Waals surface area contributed by atoms with E-state index in [1.54, 1.807) is 12.5 Å². The van der Waals surface area contributed by atoms with Crippen LogP contribution in [0.4, 0.5) is 4.79 Å². The molecule has 2 amide bonds. The highest BCUT2D eigenvalue weighted by atomic mass is 35.5. The molecule has 2 aromatic rings. The molecule has 0 radical (unpaired) electrons. The maximum Gasteiger partial charge on any atom is 0.315 e. The van der Waals surface area contributed by atoms with Crippen molar-refractivity contribution in [3.63, 3.8) is 0 Å². The van der Waals surface area contributed by atoms with Crippen LogP contribution in [0.25, 0.3) is 0 Å². The Kier molecular flexibility index (Phi) is 6.27. The van der Waals surface area contributed by atoms with Gasteiger partial charge in [-0.15, -0.1) is 0 Å². The van der Waals surface area contributed by atoms with Gasteiger partial charge in [0.1, 0.15) is 0 Å². The van der Waals surface area contributed by atoms with Gasteiger partial charge in [0.15, 0.2) is 0 Å². The molecule has 2 rings (SSSR count). The van der Waals surface area contributed by atoms with Gasteiger partial charge in [-0.05, 0) is 37.5 Å². The minimum Gasteiger partial charge on any atom is -0.338 e. The summed E-state index contributed by atoms with van der Waals surface area (Å²) in [6, 6.07) is 7.70. The molecular weight excluding hydrogens is 300 g/mol. The number of urea groups is 1. The first-order chi connectivity index (χ1) is 10.6. The van der Waals surface area contributed by atoms with Gasteiger partial charge in [-0.3, -0.25) is 0 Å². The number of aromatic nitrogens is 2. The van der Waals surface area contributed by atoms with E-state index in [0.717, 1.165) is 17.9 Å². The molecule has 1 heterocycles. The molecule has 5 nitrogen and oxygen atoms in total. The fourth-order valence-corrected chi connectivity index (χ4v) is 2.30. The van der Waals surface area contributed by atoms with Crippen LogP contribution < -0.4 is 10.6 Å². The minimum absolute atomic E-state index is 0.0467. The number of carbonyl (C=O) groups is 1. The Morgan fingerprint density at radius 2 is 2.14 bits per heavy atom. The van der Waals surface area contributed by atoms with Gasteiger partial charge in [0, 0.05) is 36.5 Å². The second-order valence-corrected chi connectivity index (χ2v) is 5.73. The summed E-state index contributed by atoms with van der Waals surface area (Å²) in [5.41, 5.74) is 1.22. The number of nitrogens with zero attached hydrogens (tertiary/aromatic N) is 2. The van der Waals surface area contributed by atoms with E-state index < -0.39 is 0 Å². The highest BCUT2D eigenvalue weighted by Crippen LogP contribution is 2.10. The molecule has 0 fully saturated rings. The lowest BCUT2D eigenvalue weighted by Gasteiger charge is -2.15. The molecule has 0 unspecified atom stereocenters. The lowest BCUT2D eigenvalue weighted by molar-refractivity contribution is 0.236. The van der Waals surface area contributed by atoms with E-state index in [-0.39, 0.29) is 12.1 Å². The number of hydrogen-bond donors (Lipinski definition) is 2. The van der Waals surface area contributed by atoms with Crippen molar-refractivity contribution in [3.05, 3.63) is 53.6 Å². The standard InChI is InChI=1S/C16H21ClN4O/c1-13(11-21-10-9-18-12-21)20-16(22)19-8-2-3-14-4-6-15(17)7-5-14/h4-7,9-10,12-13H,2-3,8,11H2,1H3,(H2,19,20,22)/t13-/m1/s1. The van der Waals surface area contributed by atoms with Crippen LogP contribution in [0.2, 0.25) is 5.02 Å². The number of hydrogen-bond acceptors (Lipinski definition) is 2. The van der Waals surface area contributed by atoms with Crippen molar-refractivity contribution in [2.75, 3.05) is 6.54 Å². The molecule has 0 aliphatic rings. The highest BCUT2D eigenvalue weighted by Gasteiger charge is 2.06. The van der Waals surface area contributed by atoms with E-state index in [2.05, 4.69) is 15.6 Å². The molecule has 1 aromatic heterocycles. The molecule has 118 valence electrons. The number of rotatable bonds is 7. The van der Waals surface area contributed by atoms with E-state index in [0.29, 0.717) is 13.1 Å². The van der Waals surface area contributed by atoms with E-state index in [1.165, 1.54) is 5.56 Å². The summed E-state index contributed by atoms with van der Waals surface area (Å²) in [6.45, 7) is 3.32. The van der Waals surface area contributed by atoms with Gasteiger partial charge < -0.3 is 15.2 Å². The first-order valence-corrected chi connectivity index (χ1v) is 7.76. The molecule has 0 spiro atoms. The largest absolute Gasteiger partial charge is 0.338 e. The predicted molar refractivity (Wildman–Crippen MR) is 88.0 cm³/mol. The molecular formula is C16H21ClN4O. The van der Waals surface area contributed by atoms with E-state index >= 15 is 0 Å². The number of aryl methyl sites for hydroxylation is 1. The van der Waals surface area contributed by atoms with Gasteiger partial charge in [-0.25, -0.2) is 9.78 Å². The number of carbonyl (C=O) groups excluding carboxylic acids is 1. The molecule has 0 bridgehead atoms. The van der Waals surface area contributed by atoms with Gasteiger partial charge in [-0.1, -0.05) is 23.7 Å². The summed E-state index contributed by atoms with van der Waals surface area (Å²) in [4.78, 5) is 15.7. The lowest BCUT2D eigenvalue weighted by atomic mass is 10.1. The van der Waals surface area contributed by atoms with Crippen LogP contribution in [0.3, 0.4) is 0 Å². The van der Waals surface area contributed by atoms with Crippen LogP contribution in [0.15, 0.2) is 43.0 Å². The SMILES string of the molecule is C[C@H](Cn1ccnc1)NC(=O)NCCCc1ccc(Cl)cc1. The van der Waals surface area contributed by atoms with Crippen LogP contribution in [-0.2, 0) is 13.0 Å². The lowest BCUT2D eigenvalue weighted by Crippen LogP contribution is -2.42. The second kappa shape index (κ2) is 8.44. The maximum atomic E-state index is 11.8. The van der Waals surface area contributed by atoms with Crippen LogP contribution >= 0.6 is 11.6 Å². The quantitative estimate of drug-likeness (QED) is 0.771. The Hall–Kier alpha value is -2.01. The number of halogens is 1. The Morgan fingerprint density at radius 1 is 1.36 bits per heavy atom. The third kappa shape index (κ3) is 5.77. The normalized spacial score (nSPS) is 11.9. The van der Waals surface area contributed by atoms with Gasteiger partial charge >= 0.3 is 6.03 Å². The predicted octanol–water partition coefficient (Wildman–Crippen LogP) is 2.86. The van der Waals surface area contributed by atoms with Crippen molar-refractivity contribution < 1.29 is 4.79 Å². The number of nitrogens with one attached hydrogen (secondary N) is 2. The molecule has 2 N–H and O–H groups in total. The van der Waals surface area contributed by atoms with Crippen molar-refractivity contribution in [1.29, 1.82) is 0 Å². The second-order valence-electron chi connectivity index (χ2n) is 5.29. The summed E-state index contributed by atoms with van der Waals surface area (Å²) in [5.74, 6) is 0. The van der Waals surface area contributed by atoms with Crippen LogP contribution in [0.1, 0.15) is 18.9 Å². The van der Waals surface area contributed by atoms with Crippen LogP contribution in [0.5, 0.6) is 0 Å². The molecule has 1 aromatic carbocycles. The Balaban J connectivity index is 1.60. The monoisotopic (exact) mass is 320 g/mol. The minimum atomic E-state index is -0.135. The smallest absolute Gasteiger partial charge is 0.315 e. The van der Waals surface area contributed by atoms with Crippen molar-refractivity contribution in [3.8, 4) is 0 Å². The summed E-state index contributed by atoms with van der Waals surface area (Å²) < 4.78 is 1.94. The zero-order valence-electron chi connectivity index (χ0n) is 12.6. The summed E-state index contributed by atoms with van der Waals surface area (Å²) in [7, 11) is 0. The summed E-state index contributed by atoms with van der Waals surface area (Å²) >= 11 is 5.84. The van der Waals surface area contributed by atoms with Gasteiger partial charge in [0.05, 0.1) is 6.33 Å². The number of amides is 2. The van der Waals surface area contributed by atoms with E-state index in [9.17, 15) is 4.79 Å². The fourth-order valence-electron chi connectivity index (χ4n) is 2.18. The number of imidazole rings is 1. The Bertz CT molecular complexity index is 568. The van der Waals surface area contributed by atoms with Crippen molar-refractivity contribution in [2.45, 2.75) is 32.4 Å². The summed E-state index contributed by atoms with van der Waals surface area (Å²) in [5, 5.41) is 6.53. The van der Waals surface area contributed by atoms with Crippen molar-refractivity contribution in [1.82, 2.24) is 20.2 Å².